The maximum atomic E-state index is 10.3. The Morgan fingerprint density at radius 3 is 2.91 bits per heavy atom. The summed E-state index contributed by atoms with van der Waals surface area (Å²) < 4.78 is 16.3. The number of oxime groups is 1. The molecule has 7 nitrogen and oxygen atoms in total. The van der Waals surface area contributed by atoms with Crippen molar-refractivity contribution in [2.75, 3.05) is 26.4 Å². The number of carboxylic acid groups (broad SMARTS) is 1. The topological polar surface area (TPSA) is 86.6 Å². The number of ether oxygens (including phenoxy) is 3. The van der Waals surface area contributed by atoms with Gasteiger partial charge in [-0.3, -0.25) is 4.79 Å². The van der Waals surface area contributed by atoms with E-state index in [2.05, 4.69) is 5.16 Å². The molecular formula is C15H19NO6. The van der Waals surface area contributed by atoms with E-state index < -0.39 is 5.97 Å². The first kappa shape index (κ1) is 16.3. The van der Waals surface area contributed by atoms with Gasteiger partial charge in [0.05, 0.1) is 19.4 Å². The van der Waals surface area contributed by atoms with Crippen LogP contribution in [0.3, 0.4) is 0 Å². The van der Waals surface area contributed by atoms with Crippen LogP contribution < -0.4 is 4.74 Å². The molecule has 1 heterocycles. The van der Waals surface area contributed by atoms with E-state index in [1.54, 1.807) is 0 Å². The lowest BCUT2D eigenvalue weighted by molar-refractivity contribution is -0.137. The fourth-order valence-electron chi connectivity index (χ4n) is 1.81. The second kappa shape index (κ2) is 9.01. The van der Waals surface area contributed by atoms with Crippen molar-refractivity contribution >= 4 is 12.2 Å². The van der Waals surface area contributed by atoms with E-state index in [0.717, 1.165) is 5.56 Å². The molecule has 0 saturated carbocycles. The molecule has 1 N–H and O–H groups in total. The van der Waals surface area contributed by atoms with Gasteiger partial charge >= 0.3 is 5.97 Å². The predicted molar refractivity (Wildman–Crippen MR) is 78.0 cm³/mol. The van der Waals surface area contributed by atoms with Crippen LogP contribution in [0.15, 0.2) is 29.4 Å². The summed E-state index contributed by atoms with van der Waals surface area (Å²) in [7, 11) is 0. The Balaban J connectivity index is 1.78. The zero-order chi connectivity index (χ0) is 15.6. The number of para-hydroxylation sites is 1. The van der Waals surface area contributed by atoms with Crippen LogP contribution in [0.25, 0.3) is 0 Å². The maximum Gasteiger partial charge on any atom is 0.303 e. The van der Waals surface area contributed by atoms with Gasteiger partial charge in [0.15, 0.2) is 6.29 Å². The molecule has 22 heavy (non-hydrogen) atoms. The van der Waals surface area contributed by atoms with Gasteiger partial charge in [-0.05, 0) is 18.6 Å². The highest BCUT2D eigenvalue weighted by atomic mass is 16.7. The van der Waals surface area contributed by atoms with Gasteiger partial charge in [-0.25, -0.2) is 0 Å². The molecule has 120 valence electrons. The lowest BCUT2D eigenvalue weighted by Gasteiger charge is -2.12. The Morgan fingerprint density at radius 2 is 2.14 bits per heavy atom. The third kappa shape index (κ3) is 5.71. The summed E-state index contributed by atoms with van der Waals surface area (Å²) in [4.78, 5) is 15.4. The van der Waals surface area contributed by atoms with Crippen molar-refractivity contribution in [2.45, 2.75) is 19.1 Å². The quantitative estimate of drug-likeness (QED) is 0.424. The van der Waals surface area contributed by atoms with Crippen molar-refractivity contribution in [1.82, 2.24) is 0 Å². The first-order chi connectivity index (χ1) is 10.8. The average molecular weight is 309 g/mol. The molecule has 1 aliphatic rings. The molecule has 1 aliphatic heterocycles. The van der Waals surface area contributed by atoms with Crippen molar-refractivity contribution in [3.8, 4) is 5.75 Å². The monoisotopic (exact) mass is 309 g/mol. The highest BCUT2D eigenvalue weighted by Gasteiger charge is 2.16. The van der Waals surface area contributed by atoms with Crippen LogP contribution in [0.1, 0.15) is 18.4 Å². The Labute approximate surface area is 128 Å². The average Bonchev–Trinajstić information content (AvgIpc) is 3.02. The lowest BCUT2D eigenvalue weighted by atomic mass is 10.2. The number of hydrogen-bond acceptors (Lipinski definition) is 6. The van der Waals surface area contributed by atoms with Crippen LogP contribution in [-0.2, 0) is 19.1 Å². The number of carbonyl (C=O) groups is 1. The van der Waals surface area contributed by atoms with E-state index >= 15 is 0 Å². The molecule has 0 atom stereocenters. The summed E-state index contributed by atoms with van der Waals surface area (Å²) >= 11 is 0. The minimum absolute atomic E-state index is 0.0661. The molecular weight excluding hydrogens is 290 g/mol. The lowest BCUT2D eigenvalue weighted by Crippen LogP contribution is -2.18. The van der Waals surface area contributed by atoms with E-state index in [4.69, 9.17) is 24.2 Å². The second-order valence-electron chi connectivity index (χ2n) is 4.58. The summed E-state index contributed by atoms with van der Waals surface area (Å²) in [5, 5.41) is 12.3. The molecule has 0 amide bonds. The maximum absolute atomic E-state index is 10.3. The first-order valence-corrected chi connectivity index (χ1v) is 7.08. The van der Waals surface area contributed by atoms with E-state index in [0.29, 0.717) is 32.0 Å². The molecule has 0 spiro atoms. The van der Waals surface area contributed by atoms with Crippen molar-refractivity contribution < 1.29 is 28.9 Å². The van der Waals surface area contributed by atoms with Crippen molar-refractivity contribution in [3.63, 3.8) is 0 Å². The standard InChI is InChI=1S/C15H19NO6/c17-14(18)6-3-7-22-16-10-12-4-1-2-5-13(12)21-11-15-19-8-9-20-15/h1-2,4-5,10,15H,3,6-9,11H2,(H,17,18)/b16-10-. The second-order valence-corrected chi connectivity index (χ2v) is 4.58. The molecule has 0 bridgehead atoms. The van der Waals surface area contributed by atoms with E-state index in [1.807, 2.05) is 24.3 Å². The number of hydrogen-bond donors (Lipinski definition) is 1. The van der Waals surface area contributed by atoms with Crippen LogP contribution in [0.5, 0.6) is 5.75 Å². The fourth-order valence-corrected chi connectivity index (χ4v) is 1.81. The molecule has 7 heteroatoms. The van der Waals surface area contributed by atoms with Gasteiger partial charge in [-0.2, -0.15) is 0 Å². The van der Waals surface area contributed by atoms with Gasteiger partial charge in [0, 0.05) is 12.0 Å². The van der Waals surface area contributed by atoms with Gasteiger partial charge in [0.25, 0.3) is 0 Å². The number of nitrogens with zero attached hydrogens (tertiary/aromatic N) is 1. The Kier molecular flexibility index (Phi) is 6.66. The van der Waals surface area contributed by atoms with Crippen LogP contribution >= 0.6 is 0 Å². The molecule has 1 fully saturated rings. The molecule has 0 aromatic heterocycles. The summed E-state index contributed by atoms with van der Waals surface area (Å²) in [6.07, 6.45) is 1.68. The highest BCUT2D eigenvalue weighted by molar-refractivity contribution is 5.83. The van der Waals surface area contributed by atoms with E-state index in [9.17, 15) is 4.79 Å². The Bertz CT molecular complexity index is 499. The van der Waals surface area contributed by atoms with Crippen molar-refractivity contribution in [3.05, 3.63) is 29.8 Å². The Hall–Kier alpha value is -2.12. The third-order valence-electron chi connectivity index (χ3n) is 2.88. The zero-order valence-corrected chi connectivity index (χ0v) is 12.1. The number of benzene rings is 1. The smallest absolute Gasteiger partial charge is 0.303 e. The molecule has 0 radical (unpaired) electrons. The summed E-state index contributed by atoms with van der Waals surface area (Å²) in [5.41, 5.74) is 0.763. The molecule has 0 unspecified atom stereocenters. The molecule has 2 rings (SSSR count). The van der Waals surface area contributed by atoms with Gasteiger partial charge < -0.3 is 24.2 Å². The molecule has 1 aromatic carbocycles. The van der Waals surface area contributed by atoms with Crippen LogP contribution in [0.4, 0.5) is 0 Å². The number of aliphatic carboxylic acids is 1. The summed E-state index contributed by atoms with van der Waals surface area (Å²) in [5.74, 6) is -0.192. The van der Waals surface area contributed by atoms with Gasteiger partial charge in [0.2, 0.25) is 0 Å². The van der Waals surface area contributed by atoms with Crippen molar-refractivity contribution in [1.29, 1.82) is 0 Å². The van der Waals surface area contributed by atoms with Crippen LogP contribution in [0, 0.1) is 0 Å². The number of carboxylic acids is 1. The zero-order valence-electron chi connectivity index (χ0n) is 12.1. The van der Waals surface area contributed by atoms with Crippen molar-refractivity contribution in [2.24, 2.45) is 5.16 Å². The van der Waals surface area contributed by atoms with Gasteiger partial charge in [-0.1, -0.05) is 17.3 Å². The minimum atomic E-state index is -0.845. The summed E-state index contributed by atoms with van der Waals surface area (Å²) in [6, 6.07) is 7.38. The SMILES string of the molecule is O=C(O)CCCO/N=C\c1ccccc1OCC1OCCO1. The normalized spacial score (nSPS) is 15.3. The minimum Gasteiger partial charge on any atom is -0.488 e. The highest BCUT2D eigenvalue weighted by Crippen LogP contribution is 2.17. The van der Waals surface area contributed by atoms with Crippen LogP contribution in [0.2, 0.25) is 0 Å². The van der Waals surface area contributed by atoms with Gasteiger partial charge in [0.1, 0.15) is 19.0 Å². The van der Waals surface area contributed by atoms with E-state index in [-0.39, 0.29) is 19.3 Å². The largest absolute Gasteiger partial charge is 0.488 e. The van der Waals surface area contributed by atoms with Gasteiger partial charge in [-0.15, -0.1) is 0 Å². The number of rotatable bonds is 9. The molecule has 0 aliphatic carbocycles. The third-order valence-corrected chi connectivity index (χ3v) is 2.88. The van der Waals surface area contributed by atoms with E-state index in [1.165, 1.54) is 6.21 Å². The molecule has 1 saturated heterocycles. The predicted octanol–water partition coefficient (Wildman–Crippen LogP) is 1.65. The van der Waals surface area contributed by atoms with Crippen LogP contribution in [-0.4, -0.2) is 50.0 Å². The summed E-state index contributed by atoms with van der Waals surface area (Å²) in [6.45, 7) is 1.74. The first-order valence-electron chi connectivity index (χ1n) is 7.08. The Morgan fingerprint density at radius 1 is 1.36 bits per heavy atom. The fraction of sp³-hybridized carbons (Fsp3) is 0.467. The molecule has 1 aromatic rings.